The molecule has 3 aromatic rings. The maximum atomic E-state index is 10.1. The number of aromatic hydroxyl groups is 1. The molecule has 2 N–H and O–H groups in total. The molecule has 0 atom stereocenters. The topological polar surface area (TPSA) is 68.9 Å². The first-order chi connectivity index (χ1) is 14.7. The fourth-order valence-electron chi connectivity index (χ4n) is 3.65. The Bertz CT molecular complexity index is 982. The van der Waals surface area contributed by atoms with Gasteiger partial charge in [0.15, 0.2) is 5.96 Å². The Morgan fingerprint density at radius 2 is 1.74 bits per heavy atom. The lowest BCUT2D eigenvalue weighted by Gasteiger charge is -2.37. The van der Waals surface area contributed by atoms with Crippen LogP contribution < -0.4 is 10.2 Å². The van der Waals surface area contributed by atoms with Gasteiger partial charge in [0.2, 0.25) is 0 Å². The number of benzene rings is 2. The molecule has 2 aromatic carbocycles. The Morgan fingerprint density at radius 1 is 1.03 bits per heavy atom. The van der Waals surface area contributed by atoms with Gasteiger partial charge >= 0.3 is 0 Å². The molecule has 1 aliphatic heterocycles. The van der Waals surface area contributed by atoms with Crippen LogP contribution in [0, 0.1) is 0 Å². The van der Waals surface area contributed by atoms with Crippen molar-refractivity contribution in [3.63, 3.8) is 0 Å². The van der Waals surface area contributed by atoms with Gasteiger partial charge in [-0.2, -0.15) is 5.10 Å². The molecule has 1 aromatic heterocycles. The SMILES string of the molecule is CCNC(=NCc1cnn(-c2ccccc2)c1)N1CCN(c2ccccc2O)CC1.I. The first kappa shape index (κ1) is 22.9. The predicted octanol–water partition coefficient (Wildman–Crippen LogP) is 3.48. The van der Waals surface area contributed by atoms with E-state index in [4.69, 9.17) is 4.99 Å². The Kier molecular flexibility index (Phi) is 8.16. The number of aliphatic imine (C=N–C) groups is 1. The number of halogens is 1. The van der Waals surface area contributed by atoms with Gasteiger partial charge in [-0.3, -0.25) is 0 Å². The van der Waals surface area contributed by atoms with Crippen molar-refractivity contribution in [3.05, 3.63) is 72.6 Å². The quantitative estimate of drug-likeness (QED) is 0.299. The van der Waals surface area contributed by atoms with Crippen LogP contribution in [0.1, 0.15) is 12.5 Å². The van der Waals surface area contributed by atoms with Crippen LogP contribution in [0.3, 0.4) is 0 Å². The van der Waals surface area contributed by atoms with Gasteiger partial charge in [-0.15, -0.1) is 24.0 Å². The van der Waals surface area contributed by atoms with Gasteiger partial charge in [-0.1, -0.05) is 30.3 Å². The molecule has 2 heterocycles. The molecule has 0 spiro atoms. The summed E-state index contributed by atoms with van der Waals surface area (Å²) >= 11 is 0. The van der Waals surface area contributed by atoms with E-state index in [9.17, 15) is 5.11 Å². The number of guanidine groups is 1. The number of hydrogen-bond acceptors (Lipinski definition) is 4. The minimum Gasteiger partial charge on any atom is -0.506 e. The second kappa shape index (κ2) is 11.0. The molecular formula is C23H29IN6O. The number of nitrogens with zero attached hydrogens (tertiary/aromatic N) is 5. The van der Waals surface area contributed by atoms with Gasteiger partial charge < -0.3 is 20.2 Å². The Hall–Kier alpha value is -2.75. The zero-order chi connectivity index (χ0) is 20.8. The highest BCUT2D eigenvalue weighted by Gasteiger charge is 2.21. The van der Waals surface area contributed by atoms with Gasteiger partial charge in [0, 0.05) is 44.5 Å². The highest BCUT2D eigenvalue weighted by molar-refractivity contribution is 14.0. The highest BCUT2D eigenvalue weighted by Crippen LogP contribution is 2.27. The second-order valence-electron chi connectivity index (χ2n) is 7.26. The molecule has 164 valence electrons. The third kappa shape index (κ3) is 5.69. The largest absolute Gasteiger partial charge is 0.506 e. The lowest BCUT2D eigenvalue weighted by Crippen LogP contribution is -2.52. The van der Waals surface area contributed by atoms with E-state index in [1.807, 2.05) is 65.6 Å². The molecule has 0 aliphatic carbocycles. The Balaban J connectivity index is 0.00000272. The molecule has 31 heavy (non-hydrogen) atoms. The van der Waals surface area contributed by atoms with Crippen LogP contribution in [0.15, 0.2) is 72.0 Å². The van der Waals surface area contributed by atoms with Gasteiger partial charge in [0.1, 0.15) is 5.75 Å². The van der Waals surface area contributed by atoms with Crippen molar-refractivity contribution >= 4 is 35.6 Å². The highest BCUT2D eigenvalue weighted by atomic mass is 127. The van der Waals surface area contributed by atoms with Crippen molar-refractivity contribution in [2.24, 2.45) is 4.99 Å². The average Bonchev–Trinajstić information content (AvgIpc) is 3.27. The summed E-state index contributed by atoms with van der Waals surface area (Å²) in [6, 6.07) is 17.6. The van der Waals surface area contributed by atoms with E-state index in [0.717, 1.165) is 55.6 Å². The molecule has 0 unspecified atom stereocenters. The standard InChI is InChI=1S/C23H28N6O.HI/c1-2-24-23(25-16-19-17-26-29(18-19)20-8-4-3-5-9-20)28-14-12-27(13-15-28)21-10-6-7-11-22(21)30;/h3-11,17-18,30H,2,12-16H2,1H3,(H,24,25);1H. The minimum absolute atomic E-state index is 0. The van der Waals surface area contributed by atoms with Crippen LogP contribution in [-0.4, -0.2) is 58.5 Å². The number of phenolic OH excluding ortho intramolecular Hbond substituents is 1. The maximum absolute atomic E-state index is 10.1. The van der Waals surface area contributed by atoms with Crippen molar-refractivity contribution in [1.29, 1.82) is 0 Å². The van der Waals surface area contributed by atoms with Gasteiger partial charge in [0.05, 0.1) is 24.1 Å². The fraction of sp³-hybridized carbons (Fsp3) is 0.304. The Morgan fingerprint density at radius 3 is 2.45 bits per heavy atom. The first-order valence-electron chi connectivity index (χ1n) is 10.4. The molecule has 1 saturated heterocycles. The summed E-state index contributed by atoms with van der Waals surface area (Å²) in [4.78, 5) is 9.34. The molecule has 7 nitrogen and oxygen atoms in total. The average molecular weight is 532 g/mol. The van der Waals surface area contributed by atoms with Gasteiger partial charge in [-0.05, 0) is 31.2 Å². The summed E-state index contributed by atoms with van der Waals surface area (Å²) in [5.41, 5.74) is 3.01. The van der Waals surface area contributed by atoms with E-state index in [-0.39, 0.29) is 24.0 Å². The number of anilines is 1. The van der Waals surface area contributed by atoms with Crippen LogP contribution in [0.2, 0.25) is 0 Å². The molecule has 4 rings (SSSR count). The molecule has 0 amide bonds. The summed E-state index contributed by atoms with van der Waals surface area (Å²) < 4.78 is 1.88. The van der Waals surface area contributed by atoms with E-state index >= 15 is 0 Å². The van der Waals surface area contributed by atoms with Crippen molar-refractivity contribution in [2.75, 3.05) is 37.6 Å². The molecule has 0 bridgehead atoms. The number of hydrogen-bond donors (Lipinski definition) is 2. The number of rotatable bonds is 5. The molecule has 0 saturated carbocycles. The third-order valence-electron chi connectivity index (χ3n) is 5.20. The van der Waals surface area contributed by atoms with Gasteiger partial charge in [-0.25, -0.2) is 9.67 Å². The number of aromatic nitrogens is 2. The Labute approximate surface area is 200 Å². The molecule has 1 fully saturated rings. The van der Waals surface area contributed by atoms with Crippen molar-refractivity contribution < 1.29 is 5.11 Å². The number of para-hydroxylation sites is 3. The van der Waals surface area contributed by atoms with Crippen molar-refractivity contribution in [1.82, 2.24) is 20.0 Å². The van der Waals surface area contributed by atoms with E-state index in [1.54, 1.807) is 6.07 Å². The molecule has 8 heteroatoms. The van der Waals surface area contributed by atoms with Crippen LogP contribution in [0.5, 0.6) is 5.75 Å². The predicted molar refractivity (Wildman–Crippen MR) is 136 cm³/mol. The molecular weight excluding hydrogens is 503 g/mol. The van der Waals surface area contributed by atoms with Crippen LogP contribution in [0.25, 0.3) is 5.69 Å². The lowest BCUT2D eigenvalue weighted by molar-refractivity contribution is 0.369. The number of piperazine rings is 1. The summed E-state index contributed by atoms with van der Waals surface area (Å²) in [5, 5.41) is 18.0. The monoisotopic (exact) mass is 532 g/mol. The summed E-state index contributed by atoms with van der Waals surface area (Å²) in [5.74, 6) is 1.25. The van der Waals surface area contributed by atoms with Crippen LogP contribution >= 0.6 is 24.0 Å². The smallest absolute Gasteiger partial charge is 0.194 e. The first-order valence-corrected chi connectivity index (χ1v) is 10.4. The van der Waals surface area contributed by atoms with Crippen molar-refractivity contribution in [3.8, 4) is 11.4 Å². The number of nitrogens with one attached hydrogen (secondary N) is 1. The van der Waals surface area contributed by atoms with Crippen LogP contribution in [-0.2, 0) is 6.54 Å². The molecule has 0 radical (unpaired) electrons. The van der Waals surface area contributed by atoms with Crippen LogP contribution in [0.4, 0.5) is 5.69 Å². The third-order valence-corrected chi connectivity index (χ3v) is 5.20. The number of phenols is 1. The van der Waals surface area contributed by atoms with E-state index in [2.05, 4.69) is 27.1 Å². The fourth-order valence-corrected chi connectivity index (χ4v) is 3.65. The second-order valence-corrected chi connectivity index (χ2v) is 7.26. The van der Waals surface area contributed by atoms with E-state index in [1.165, 1.54) is 0 Å². The van der Waals surface area contributed by atoms with E-state index < -0.39 is 0 Å². The zero-order valence-electron chi connectivity index (χ0n) is 17.7. The van der Waals surface area contributed by atoms with E-state index in [0.29, 0.717) is 12.3 Å². The summed E-state index contributed by atoms with van der Waals surface area (Å²) in [7, 11) is 0. The summed E-state index contributed by atoms with van der Waals surface area (Å²) in [6.07, 6.45) is 3.90. The maximum Gasteiger partial charge on any atom is 0.194 e. The minimum atomic E-state index is 0. The normalized spacial score (nSPS) is 14.3. The lowest BCUT2D eigenvalue weighted by atomic mass is 10.2. The van der Waals surface area contributed by atoms with Crippen molar-refractivity contribution in [2.45, 2.75) is 13.5 Å². The molecule has 1 aliphatic rings. The zero-order valence-corrected chi connectivity index (χ0v) is 20.0. The van der Waals surface area contributed by atoms with Gasteiger partial charge in [0.25, 0.3) is 0 Å². The summed E-state index contributed by atoms with van der Waals surface area (Å²) in [6.45, 7) is 6.87.